The van der Waals surface area contributed by atoms with Crippen LogP contribution in [-0.2, 0) is 0 Å². The van der Waals surface area contributed by atoms with Crippen molar-refractivity contribution in [2.24, 2.45) is 0 Å². The summed E-state index contributed by atoms with van der Waals surface area (Å²) in [6.07, 6.45) is 9.56. The van der Waals surface area contributed by atoms with Gasteiger partial charge in [0, 0.05) is 18.0 Å². The lowest BCUT2D eigenvalue weighted by molar-refractivity contribution is 0.582. The number of fused-ring (bicyclic) bond motifs is 1. The third-order valence-electron chi connectivity index (χ3n) is 4.39. The summed E-state index contributed by atoms with van der Waals surface area (Å²) in [5.74, 6) is 0.228. The van der Waals surface area contributed by atoms with Gasteiger partial charge in [-0.1, -0.05) is 13.3 Å². The lowest BCUT2D eigenvalue weighted by atomic mass is 9.91. The SMILES string of the molecule is CCCC(CCC=N)c1ccn2cc(-c3ccc(F)cc3)nc2c1. The van der Waals surface area contributed by atoms with Gasteiger partial charge in [0.25, 0.3) is 0 Å². The minimum Gasteiger partial charge on any atom is -0.313 e. The predicted molar refractivity (Wildman–Crippen MR) is 96.3 cm³/mol. The third kappa shape index (κ3) is 3.53. The fourth-order valence-corrected chi connectivity index (χ4v) is 3.12. The molecule has 0 fully saturated rings. The van der Waals surface area contributed by atoms with Gasteiger partial charge in [0.2, 0.25) is 0 Å². The molecule has 24 heavy (non-hydrogen) atoms. The predicted octanol–water partition coefficient (Wildman–Crippen LogP) is 5.45. The van der Waals surface area contributed by atoms with Gasteiger partial charge in [0.15, 0.2) is 0 Å². The highest BCUT2D eigenvalue weighted by Gasteiger charge is 2.12. The van der Waals surface area contributed by atoms with Crippen LogP contribution >= 0.6 is 0 Å². The first-order valence-corrected chi connectivity index (χ1v) is 8.44. The number of pyridine rings is 1. The molecule has 1 aromatic carbocycles. The van der Waals surface area contributed by atoms with E-state index in [0.29, 0.717) is 5.92 Å². The Labute approximate surface area is 141 Å². The second-order valence-corrected chi connectivity index (χ2v) is 6.13. The molecule has 3 rings (SSSR count). The summed E-state index contributed by atoms with van der Waals surface area (Å²) >= 11 is 0. The van der Waals surface area contributed by atoms with E-state index in [0.717, 1.165) is 42.6 Å². The minimum absolute atomic E-state index is 0.238. The Kier molecular flexibility index (Phi) is 5.04. The monoisotopic (exact) mass is 323 g/mol. The molecule has 0 saturated carbocycles. The normalized spacial score (nSPS) is 12.4. The van der Waals surface area contributed by atoms with Crippen LogP contribution < -0.4 is 0 Å². The Morgan fingerprint density at radius 3 is 2.71 bits per heavy atom. The molecular weight excluding hydrogens is 301 g/mol. The second-order valence-electron chi connectivity index (χ2n) is 6.13. The van der Waals surface area contributed by atoms with Crippen LogP contribution in [0.4, 0.5) is 4.39 Å². The van der Waals surface area contributed by atoms with E-state index in [2.05, 4.69) is 19.1 Å². The van der Waals surface area contributed by atoms with Crippen LogP contribution in [0.25, 0.3) is 16.9 Å². The van der Waals surface area contributed by atoms with E-state index in [-0.39, 0.29) is 5.82 Å². The van der Waals surface area contributed by atoms with Crippen molar-refractivity contribution in [3.63, 3.8) is 0 Å². The van der Waals surface area contributed by atoms with Crippen LogP contribution in [-0.4, -0.2) is 15.6 Å². The number of imidazole rings is 1. The zero-order valence-corrected chi connectivity index (χ0v) is 13.9. The van der Waals surface area contributed by atoms with Gasteiger partial charge in [-0.2, -0.15) is 0 Å². The molecule has 1 unspecified atom stereocenters. The molecule has 0 amide bonds. The maximum Gasteiger partial charge on any atom is 0.137 e. The maximum atomic E-state index is 13.1. The number of hydrogen-bond donors (Lipinski definition) is 1. The van der Waals surface area contributed by atoms with Gasteiger partial charge in [-0.15, -0.1) is 0 Å². The van der Waals surface area contributed by atoms with Crippen molar-refractivity contribution in [3.8, 4) is 11.3 Å². The first-order valence-electron chi connectivity index (χ1n) is 8.44. The standard InChI is InChI=1S/C20H22FN3/c1-2-4-15(5-3-11-22)17-10-12-24-14-19(23-20(24)13-17)16-6-8-18(21)9-7-16/h6-15,22H,2-5H2,1H3. The van der Waals surface area contributed by atoms with Crippen molar-refractivity contribution in [2.45, 2.75) is 38.5 Å². The largest absolute Gasteiger partial charge is 0.313 e. The smallest absolute Gasteiger partial charge is 0.137 e. The van der Waals surface area contributed by atoms with Crippen LogP contribution in [0.1, 0.15) is 44.1 Å². The number of aromatic nitrogens is 2. The van der Waals surface area contributed by atoms with Gasteiger partial charge in [-0.25, -0.2) is 9.37 Å². The lowest BCUT2D eigenvalue weighted by Gasteiger charge is -2.15. The number of benzene rings is 1. The van der Waals surface area contributed by atoms with Gasteiger partial charge in [-0.05, 0) is 73.4 Å². The molecule has 0 bridgehead atoms. The summed E-state index contributed by atoms with van der Waals surface area (Å²) in [6.45, 7) is 2.19. The lowest BCUT2D eigenvalue weighted by Crippen LogP contribution is -2.00. The Balaban J connectivity index is 1.92. The average molecular weight is 323 g/mol. The summed E-state index contributed by atoms with van der Waals surface area (Å²) in [4.78, 5) is 4.69. The fourth-order valence-electron chi connectivity index (χ4n) is 3.12. The highest BCUT2D eigenvalue weighted by atomic mass is 19.1. The van der Waals surface area contributed by atoms with Gasteiger partial charge < -0.3 is 9.81 Å². The number of hydrogen-bond acceptors (Lipinski definition) is 2. The molecule has 4 heteroatoms. The minimum atomic E-state index is -0.238. The average Bonchev–Trinajstić information content (AvgIpc) is 3.02. The molecule has 2 aromatic heterocycles. The van der Waals surface area contributed by atoms with Crippen molar-refractivity contribution >= 4 is 11.9 Å². The van der Waals surface area contributed by atoms with Crippen molar-refractivity contribution in [3.05, 3.63) is 60.2 Å². The first kappa shape index (κ1) is 16.4. The maximum absolute atomic E-state index is 13.1. The molecule has 3 aromatic rings. The van der Waals surface area contributed by atoms with E-state index >= 15 is 0 Å². The third-order valence-corrected chi connectivity index (χ3v) is 4.39. The van der Waals surface area contributed by atoms with E-state index in [1.54, 1.807) is 12.1 Å². The molecule has 1 N–H and O–H groups in total. The first-order chi connectivity index (χ1) is 11.7. The van der Waals surface area contributed by atoms with E-state index in [1.807, 2.05) is 16.8 Å². The molecule has 0 spiro atoms. The van der Waals surface area contributed by atoms with Gasteiger partial charge >= 0.3 is 0 Å². The molecule has 2 heterocycles. The molecular formula is C20H22FN3. The number of rotatable bonds is 7. The highest BCUT2D eigenvalue weighted by Crippen LogP contribution is 2.28. The van der Waals surface area contributed by atoms with Gasteiger partial charge in [0.05, 0.1) is 5.69 Å². The summed E-state index contributed by atoms with van der Waals surface area (Å²) in [5.41, 5.74) is 3.94. The Morgan fingerprint density at radius 2 is 2.00 bits per heavy atom. The summed E-state index contributed by atoms with van der Waals surface area (Å²) in [6, 6.07) is 10.7. The summed E-state index contributed by atoms with van der Waals surface area (Å²) in [7, 11) is 0. The van der Waals surface area contributed by atoms with Crippen LogP contribution in [0.15, 0.2) is 48.8 Å². The van der Waals surface area contributed by atoms with Crippen LogP contribution in [0.5, 0.6) is 0 Å². The second kappa shape index (κ2) is 7.39. The van der Waals surface area contributed by atoms with E-state index < -0.39 is 0 Å². The number of halogens is 1. The van der Waals surface area contributed by atoms with E-state index in [1.165, 1.54) is 23.9 Å². The Hall–Kier alpha value is -2.49. The Bertz CT molecular complexity index is 821. The summed E-state index contributed by atoms with van der Waals surface area (Å²) < 4.78 is 15.1. The molecule has 0 aliphatic rings. The zero-order chi connectivity index (χ0) is 16.9. The zero-order valence-electron chi connectivity index (χ0n) is 13.9. The topological polar surface area (TPSA) is 41.2 Å². The molecule has 1 atom stereocenters. The molecule has 0 saturated heterocycles. The molecule has 0 aliphatic heterocycles. The van der Waals surface area contributed by atoms with E-state index in [9.17, 15) is 4.39 Å². The number of nitrogens with zero attached hydrogens (tertiary/aromatic N) is 2. The molecule has 3 nitrogen and oxygen atoms in total. The van der Waals surface area contributed by atoms with Crippen molar-refractivity contribution in [1.82, 2.24) is 9.38 Å². The summed E-state index contributed by atoms with van der Waals surface area (Å²) in [5, 5.41) is 7.27. The Morgan fingerprint density at radius 1 is 1.21 bits per heavy atom. The van der Waals surface area contributed by atoms with Crippen molar-refractivity contribution < 1.29 is 4.39 Å². The van der Waals surface area contributed by atoms with Crippen molar-refractivity contribution in [1.29, 1.82) is 5.41 Å². The van der Waals surface area contributed by atoms with E-state index in [4.69, 9.17) is 10.4 Å². The van der Waals surface area contributed by atoms with Crippen LogP contribution in [0, 0.1) is 11.2 Å². The molecule has 0 radical (unpaired) electrons. The van der Waals surface area contributed by atoms with Gasteiger partial charge in [-0.3, -0.25) is 0 Å². The fraction of sp³-hybridized carbons (Fsp3) is 0.300. The van der Waals surface area contributed by atoms with Crippen LogP contribution in [0.3, 0.4) is 0 Å². The van der Waals surface area contributed by atoms with Crippen molar-refractivity contribution in [2.75, 3.05) is 0 Å². The molecule has 0 aliphatic carbocycles. The van der Waals surface area contributed by atoms with Gasteiger partial charge in [0.1, 0.15) is 11.5 Å². The molecule has 124 valence electrons. The number of nitrogens with one attached hydrogen (secondary N) is 1. The highest BCUT2D eigenvalue weighted by molar-refractivity contribution is 5.63. The van der Waals surface area contributed by atoms with Crippen LogP contribution in [0.2, 0.25) is 0 Å². The quantitative estimate of drug-likeness (QED) is 0.577.